The van der Waals surface area contributed by atoms with Gasteiger partial charge < -0.3 is 0 Å². The van der Waals surface area contributed by atoms with Crippen LogP contribution < -0.4 is 4.13 Å². The molecule has 1 N–H and O–H groups in total. The van der Waals surface area contributed by atoms with Crippen LogP contribution in [-0.2, 0) is 35.0 Å². The van der Waals surface area contributed by atoms with Gasteiger partial charge in [0.05, 0.1) is 5.75 Å². The van der Waals surface area contributed by atoms with Crippen molar-refractivity contribution in [2.24, 2.45) is 0 Å². The smallest absolute Gasteiger partial charge is 0.294 e. The van der Waals surface area contributed by atoms with Crippen molar-refractivity contribution in [2.45, 2.75) is 0 Å². The number of halogens is 1. The van der Waals surface area contributed by atoms with Crippen LogP contribution in [0.5, 0.6) is 0 Å². The lowest BCUT2D eigenvalue weighted by Crippen LogP contribution is -2.31. The van der Waals surface area contributed by atoms with E-state index in [-0.39, 0.29) is 0 Å². The van der Waals surface area contributed by atoms with E-state index in [1.807, 2.05) is 0 Å². The molecule has 0 unspecified atom stereocenters. The van der Waals surface area contributed by atoms with Crippen molar-refractivity contribution in [2.75, 3.05) is 12.4 Å². The Bertz CT molecular complexity index is 453. The van der Waals surface area contributed by atoms with E-state index < -0.39 is 38.8 Å². The Balaban J connectivity index is 4.02. The summed E-state index contributed by atoms with van der Waals surface area (Å²) in [5.74, 6) is -1.86. The molecule has 0 aliphatic heterocycles. The maximum atomic E-state index is 11.9. The van der Waals surface area contributed by atoms with E-state index in [2.05, 4.69) is 16.4 Å². The van der Waals surface area contributed by atoms with Gasteiger partial charge in [-0.25, -0.2) is 13.2 Å². The first kappa shape index (κ1) is 15.0. The van der Waals surface area contributed by atoms with Crippen LogP contribution in [0.3, 0.4) is 0 Å². The molecular formula is C5H8FNO7S2. The van der Waals surface area contributed by atoms with Gasteiger partial charge in [0.1, 0.15) is 6.61 Å². The molecule has 94 valence electrons. The monoisotopic (exact) mass is 277 g/mol. The highest BCUT2D eigenvalue weighted by Crippen LogP contribution is 1.93. The lowest BCUT2D eigenvalue weighted by molar-refractivity contribution is -0.263. The second-order valence-corrected chi connectivity index (χ2v) is 5.45. The zero-order valence-electron chi connectivity index (χ0n) is 7.75. The fraction of sp³-hybridized carbons (Fsp3) is 0.400. The molecule has 0 heterocycles. The predicted octanol–water partition coefficient (Wildman–Crippen LogP) is -1.22. The van der Waals surface area contributed by atoms with Crippen LogP contribution >= 0.6 is 0 Å². The number of hydrogen-bond donors (Lipinski definition) is 1. The summed E-state index contributed by atoms with van der Waals surface area (Å²) >= 11 is 0. The maximum Gasteiger partial charge on any atom is 0.385 e. The van der Waals surface area contributed by atoms with Crippen molar-refractivity contribution in [3.63, 3.8) is 0 Å². The van der Waals surface area contributed by atoms with Crippen molar-refractivity contribution in [1.82, 2.24) is 4.13 Å². The summed E-state index contributed by atoms with van der Waals surface area (Å²) in [6.45, 7) is 2.36. The highest BCUT2D eigenvalue weighted by atomic mass is 32.3. The highest BCUT2D eigenvalue weighted by Gasteiger charge is 2.19. The van der Waals surface area contributed by atoms with E-state index in [1.165, 1.54) is 0 Å². The summed E-state index contributed by atoms with van der Waals surface area (Å²) in [5, 5.41) is 0. The molecule has 0 saturated heterocycles. The fourth-order valence-corrected chi connectivity index (χ4v) is 2.30. The van der Waals surface area contributed by atoms with Gasteiger partial charge in [-0.1, -0.05) is 14.6 Å². The predicted molar refractivity (Wildman–Crippen MR) is 49.2 cm³/mol. The molecule has 0 aliphatic carbocycles. The molecule has 0 radical (unpaired) electrons. The number of hydrogen-bond acceptors (Lipinski definition) is 7. The Morgan fingerprint density at radius 3 is 2.38 bits per heavy atom. The quantitative estimate of drug-likeness (QED) is 0.204. The van der Waals surface area contributed by atoms with Crippen LogP contribution in [0.15, 0.2) is 12.7 Å². The van der Waals surface area contributed by atoms with Crippen LogP contribution in [0.1, 0.15) is 0 Å². The third-order valence-electron chi connectivity index (χ3n) is 0.970. The van der Waals surface area contributed by atoms with Crippen molar-refractivity contribution >= 4 is 26.4 Å². The molecule has 0 aromatic carbocycles. The van der Waals surface area contributed by atoms with Crippen molar-refractivity contribution < 1.29 is 35.3 Å². The van der Waals surface area contributed by atoms with Gasteiger partial charge >= 0.3 is 16.4 Å². The summed E-state index contributed by atoms with van der Waals surface area (Å²) < 4.78 is 54.1. The van der Waals surface area contributed by atoms with Gasteiger partial charge in [-0.3, -0.25) is 4.89 Å². The molecule has 0 saturated carbocycles. The van der Waals surface area contributed by atoms with E-state index in [0.29, 0.717) is 0 Å². The highest BCUT2D eigenvalue weighted by molar-refractivity contribution is 8.02. The first-order valence-electron chi connectivity index (χ1n) is 3.58. The zero-order chi connectivity index (χ0) is 12.8. The Morgan fingerprint density at radius 2 is 1.94 bits per heavy atom. The standard InChI is InChI=1S/C5H8FNO7S2/c1-2-5(8)14-13-3-4-15(9,10)7-16(6,11)12/h2,7H,1,3-4H2. The molecule has 0 bridgehead atoms. The van der Waals surface area contributed by atoms with Crippen LogP contribution in [0.2, 0.25) is 0 Å². The third kappa shape index (κ3) is 8.28. The van der Waals surface area contributed by atoms with Gasteiger partial charge in [0, 0.05) is 6.08 Å². The van der Waals surface area contributed by atoms with Gasteiger partial charge in [-0.05, 0) is 0 Å². The molecule has 0 rings (SSSR count). The van der Waals surface area contributed by atoms with Crippen LogP contribution in [0, 0.1) is 0 Å². The summed E-state index contributed by atoms with van der Waals surface area (Å²) in [7, 11) is -9.76. The van der Waals surface area contributed by atoms with Gasteiger partial charge in [-0.2, -0.15) is 13.3 Å². The van der Waals surface area contributed by atoms with Crippen LogP contribution in [0.4, 0.5) is 3.89 Å². The van der Waals surface area contributed by atoms with E-state index in [0.717, 1.165) is 10.2 Å². The Morgan fingerprint density at radius 1 is 1.38 bits per heavy atom. The van der Waals surface area contributed by atoms with Crippen LogP contribution in [0.25, 0.3) is 0 Å². The minimum absolute atomic E-state index is 0.662. The Hall–Kier alpha value is -1.04. The number of carbonyl (C=O) groups is 1. The third-order valence-corrected chi connectivity index (χ3v) is 3.49. The first-order valence-corrected chi connectivity index (χ1v) is 6.61. The molecule has 16 heavy (non-hydrogen) atoms. The molecule has 0 aromatic heterocycles. The molecular weight excluding hydrogens is 269 g/mol. The number of nitrogens with one attached hydrogen (secondary N) is 1. The van der Waals surface area contributed by atoms with Gasteiger partial charge in [0.15, 0.2) is 0 Å². The van der Waals surface area contributed by atoms with Crippen molar-refractivity contribution in [1.29, 1.82) is 0 Å². The lowest BCUT2D eigenvalue weighted by atomic mass is 10.7. The SMILES string of the molecule is C=CC(=O)OOCCS(=O)(=O)NS(=O)(=O)F. The molecule has 0 aliphatic rings. The largest absolute Gasteiger partial charge is 0.385 e. The lowest BCUT2D eigenvalue weighted by Gasteiger charge is -2.02. The van der Waals surface area contributed by atoms with Gasteiger partial charge in [0.25, 0.3) is 0 Å². The minimum Gasteiger partial charge on any atom is -0.294 e. The minimum atomic E-state index is -5.36. The second kappa shape index (κ2) is 5.89. The Labute approximate surface area is 91.4 Å². The summed E-state index contributed by atoms with van der Waals surface area (Å²) in [6.07, 6.45) is 0.763. The molecule has 0 atom stereocenters. The van der Waals surface area contributed by atoms with Gasteiger partial charge in [-0.15, -0.1) is 0 Å². The average molecular weight is 277 g/mol. The first-order chi connectivity index (χ1) is 7.16. The molecule has 11 heteroatoms. The molecule has 0 aromatic rings. The topological polar surface area (TPSA) is 116 Å². The van der Waals surface area contributed by atoms with E-state index in [9.17, 15) is 25.5 Å². The summed E-state index contributed by atoms with van der Waals surface area (Å²) in [6, 6.07) is 0. The summed E-state index contributed by atoms with van der Waals surface area (Å²) in [5.41, 5.74) is 0. The summed E-state index contributed by atoms with van der Waals surface area (Å²) in [4.78, 5) is 18.4. The number of sulfonamides is 1. The zero-order valence-corrected chi connectivity index (χ0v) is 9.38. The molecule has 0 spiro atoms. The van der Waals surface area contributed by atoms with Gasteiger partial charge in [0.2, 0.25) is 10.0 Å². The number of carbonyl (C=O) groups excluding carboxylic acids is 1. The van der Waals surface area contributed by atoms with Crippen molar-refractivity contribution in [3.05, 3.63) is 12.7 Å². The fourth-order valence-electron chi connectivity index (χ4n) is 0.471. The maximum absolute atomic E-state index is 11.9. The average Bonchev–Trinajstić information content (AvgIpc) is 2.08. The normalized spacial score (nSPS) is 12.1. The van der Waals surface area contributed by atoms with E-state index in [1.54, 1.807) is 0 Å². The molecule has 0 fully saturated rings. The van der Waals surface area contributed by atoms with E-state index in [4.69, 9.17) is 0 Å². The number of rotatable bonds is 7. The Kier molecular flexibility index (Phi) is 5.50. The van der Waals surface area contributed by atoms with Crippen LogP contribution in [-0.4, -0.2) is 35.2 Å². The molecule has 8 nitrogen and oxygen atoms in total. The van der Waals surface area contributed by atoms with Crippen molar-refractivity contribution in [3.8, 4) is 0 Å². The second-order valence-electron chi connectivity index (χ2n) is 2.27. The molecule has 0 amide bonds. The van der Waals surface area contributed by atoms with E-state index >= 15 is 0 Å².